The smallest absolute Gasteiger partial charge is 0.273 e. The summed E-state index contributed by atoms with van der Waals surface area (Å²) in [6.45, 7) is 4.25. The first-order valence-electron chi connectivity index (χ1n) is 5.46. The Morgan fingerprint density at radius 3 is 2.67 bits per heavy atom. The van der Waals surface area contributed by atoms with Crippen LogP contribution in [0.25, 0.3) is 0 Å². The Labute approximate surface area is 109 Å². The van der Waals surface area contributed by atoms with Crippen molar-refractivity contribution < 1.29 is 18.4 Å². The molecule has 0 aliphatic carbocycles. The number of halogens is 2. The maximum atomic E-state index is 12.3. The van der Waals surface area contributed by atoms with Crippen molar-refractivity contribution >= 4 is 17.7 Å². The van der Waals surface area contributed by atoms with Gasteiger partial charge in [-0.1, -0.05) is 37.7 Å². The first kappa shape index (κ1) is 14.9. The lowest BCUT2D eigenvalue weighted by molar-refractivity contribution is 0.0206. The van der Waals surface area contributed by atoms with Crippen molar-refractivity contribution in [1.82, 2.24) is 5.48 Å². The predicted molar refractivity (Wildman–Crippen MR) is 66.6 cm³/mol. The fraction of sp³-hybridized carbons (Fsp3) is 0.417. The highest BCUT2D eigenvalue weighted by molar-refractivity contribution is 7.99. The first-order chi connectivity index (χ1) is 8.50. The SMILES string of the molecule is CC(C)CONC(=O)c1ccccc1SC(F)F. The summed E-state index contributed by atoms with van der Waals surface area (Å²) in [5.74, 6) is -2.80. The van der Waals surface area contributed by atoms with Crippen LogP contribution in [0.1, 0.15) is 24.2 Å². The molecule has 1 aromatic rings. The van der Waals surface area contributed by atoms with Crippen molar-refractivity contribution in [3.63, 3.8) is 0 Å². The molecule has 0 saturated heterocycles. The van der Waals surface area contributed by atoms with Crippen LogP contribution in [0, 0.1) is 5.92 Å². The highest BCUT2D eigenvalue weighted by Gasteiger charge is 2.15. The molecular formula is C12H15F2NO2S. The van der Waals surface area contributed by atoms with E-state index in [-0.39, 0.29) is 16.4 Å². The van der Waals surface area contributed by atoms with Crippen molar-refractivity contribution in [2.75, 3.05) is 6.61 Å². The monoisotopic (exact) mass is 275 g/mol. The van der Waals surface area contributed by atoms with Crippen molar-refractivity contribution in [2.45, 2.75) is 24.5 Å². The third-order valence-electron chi connectivity index (χ3n) is 1.93. The maximum Gasteiger partial charge on any atom is 0.288 e. The summed E-state index contributed by atoms with van der Waals surface area (Å²) in [5.41, 5.74) is 2.43. The first-order valence-corrected chi connectivity index (χ1v) is 6.34. The largest absolute Gasteiger partial charge is 0.288 e. The van der Waals surface area contributed by atoms with E-state index in [1.165, 1.54) is 12.1 Å². The number of thioether (sulfide) groups is 1. The second kappa shape index (κ2) is 7.33. The third-order valence-corrected chi connectivity index (χ3v) is 2.72. The van der Waals surface area contributed by atoms with Gasteiger partial charge in [-0.15, -0.1) is 0 Å². The van der Waals surface area contributed by atoms with Crippen molar-refractivity contribution in [2.24, 2.45) is 5.92 Å². The Morgan fingerprint density at radius 2 is 2.06 bits per heavy atom. The second-order valence-corrected chi connectivity index (χ2v) is 5.04. The van der Waals surface area contributed by atoms with E-state index in [1.54, 1.807) is 12.1 Å². The molecule has 0 fully saturated rings. The minimum absolute atomic E-state index is 0.187. The Balaban J connectivity index is 2.66. The molecule has 0 aliphatic rings. The zero-order valence-corrected chi connectivity index (χ0v) is 11.0. The van der Waals surface area contributed by atoms with E-state index in [0.29, 0.717) is 18.4 Å². The molecule has 3 nitrogen and oxygen atoms in total. The van der Waals surface area contributed by atoms with Crippen LogP contribution in [-0.4, -0.2) is 18.3 Å². The van der Waals surface area contributed by atoms with Gasteiger partial charge in [-0.05, 0) is 18.1 Å². The van der Waals surface area contributed by atoms with Gasteiger partial charge in [-0.2, -0.15) is 8.78 Å². The van der Waals surface area contributed by atoms with Crippen LogP contribution < -0.4 is 5.48 Å². The molecule has 1 rings (SSSR count). The summed E-state index contributed by atoms with van der Waals surface area (Å²) >= 11 is 0.343. The topological polar surface area (TPSA) is 38.3 Å². The number of amides is 1. The van der Waals surface area contributed by atoms with Crippen LogP contribution in [0.3, 0.4) is 0 Å². The molecule has 0 heterocycles. The fourth-order valence-electron chi connectivity index (χ4n) is 1.18. The number of carbonyl (C=O) groups is 1. The van der Waals surface area contributed by atoms with E-state index in [2.05, 4.69) is 5.48 Å². The molecule has 0 bridgehead atoms. The zero-order valence-electron chi connectivity index (χ0n) is 10.2. The number of nitrogens with one attached hydrogen (secondary N) is 1. The number of benzene rings is 1. The van der Waals surface area contributed by atoms with E-state index >= 15 is 0 Å². The highest BCUT2D eigenvalue weighted by Crippen LogP contribution is 2.28. The predicted octanol–water partition coefficient (Wildman–Crippen LogP) is 3.32. The normalized spacial score (nSPS) is 11.0. The van der Waals surface area contributed by atoms with Gasteiger partial charge in [0.25, 0.3) is 11.7 Å². The van der Waals surface area contributed by atoms with Crippen LogP contribution >= 0.6 is 11.8 Å². The number of hydrogen-bond donors (Lipinski definition) is 1. The number of carbonyl (C=O) groups excluding carboxylic acids is 1. The van der Waals surface area contributed by atoms with Crippen LogP contribution in [0.15, 0.2) is 29.2 Å². The molecule has 100 valence electrons. The van der Waals surface area contributed by atoms with Gasteiger partial charge in [0.1, 0.15) is 0 Å². The molecule has 0 saturated carbocycles. The van der Waals surface area contributed by atoms with Gasteiger partial charge < -0.3 is 0 Å². The van der Waals surface area contributed by atoms with E-state index in [1.807, 2.05) is 13.8 Å². The zero-order chi connectivity index (χ0) is 13.5. The molecule has 0 unspecified atom stereocenters. The second-order valence-electron chi connectivity index (χ2n) is 4.01. The lowest BCUT2D eigenvalue weighted by Gasteiger charge is -2.10. The summed E-state index contributed by atoms with van der Waals surface area (Å²) in [4.78, 5) is 16.9. The Hall–Kier alpha value is -1.14. The van der Waals surface area contributed by atoms with Gasteiger partial charge in [-0.25, -0.2) is 5.48 Å². The lowest BCUT2D eigenvalue weighted by atomic mass is 10.2. The van der Waals surface area contributed by atoms with Gasteiger partial charge in [-0.3, -0.25) is 9.63 Å². The number of alkyl halides is 2. The van der Waals surface area contributed by atoms with Crippen molar-refractivity contribution in [3.05, 3.63) is 29.8 Å². The molecule has 1 N–H and O–H groups in total. The molecule has 6 heteroatoms. The summed E-state index contributed by atoms with van der Waals surface area (Å²) < 4.78 is 24.6. The van der Waals surface area contributed by atoms with E-state index in [0.717, 1.165) is 0 Å². The van der Waals surface area contributed by atoms with E-state index in [4.69, 9.17) is 4.84 Å². The van der Waals surface area contributed by atoms with Crippen molar-refractivity contribution in [3.8, 4) is 0 Å². The summed E-state index contributed by atoms with van der Waals surface area (Å²) in [7, 11) is 0. The lowest BCUT2D eigenvalue weighted by Crippen LogP contribution is -2.26. The van der Waals surface area contributed by atoms with Crippen LogP contribution in [0.2, 0.25) is 0 Å². The average Bonchev–Trinajstić information content (AvgIpc) is 2.28. The van der Waals surface area contributed by atoms with Gasteiger partial charge in [0, 0.05) is 4.90 Å². The fourth-order valence-corrected chi connectivity index (χ4v) is 1.82. The third kappa shape index (κ3) is 5.01. The average molecular weight is 275 g/mol. The highest BCUT2D eigenvalue weighted by atomic mass is 32.2. The minimum atomic E-state index is -2.56. The summed E-state index contributed by atoms with van der Waals surface area (Å²) in [6.07, 6.45) is 0. The molecule has 0 aromatic heterocycles. The molecule has 0 spiro atoms. The quantitative estimate of drug-likeness (QED) is 0.639. The molecule has 0 atom stereocenters. The number of hydrogen-bond acceptors (Lipinski definition) is 3. The van der Waals surface area contributed by atoms with Gasteiger partial charge in [0.2, 0.25) is 0 Å². The standard InChI is InChI=1S/C12H15F2NO2S/c1-8(2)7-17-15-11(16)9-5-3-4-6-10(9)18-12(13)14/h3-6,8,12H,7H2,1-2H3,(H,15,16). The Morgan fingerprint density at radius 1 is 1.39 bits per heavy atom. The van der Waals surface area contributed by atoms with Gasteiger partial charge in [0.05, 0.1) is 12.2 Å². The van der Waals surface area contributed by atoms with E-state index in [9.17, 15) is 13.6 Å². The summed E-state index contributed by atoms with van der Waals surface area (Å²) in [5, 5.41) is 0. The maximum absolute atomic E-state index is 12.3. The molecule has 0 aliphatic heterocycles. The van der Waals surface area contributed by atoms with Gasteiger partial charge >= 0.3 is 0 Å². The minimum Gasteiger partial charge on any atom is -0.273 e. The summed E-state index contributed by atoms with van der Waals surface area (Å²) in [6, 6.07) is 6.19. The Bertz CT molecular complexity index is 399. The molecule has 18 heavy (non-hydrogen) atoms. The Kier molecular flexibility index (Phi) is 6.07. The van der Waals surface area contributed by atoms with Crippen LogP contribution in [0.5, 0.6) is 0 Å². The molecule has 0 radical (unpaired) electrons. The molecular weight excluding hydrogens is 260 g/mol. The molecule has 1 amide bonds. The van der Waals surface area contributed by atoms with Crippen LogP contribution in [-0.2, 0) is 4.84 Å². The molecule has 1 aromatic carbocycles. The number of rotatable bonds is 6. The van der Waals surface area contributed by atoms with E-state index < -0.39 is 11.7 Å². The number of hydroxylamine groups is 1. The van der Waals surface area contributed by atoms with Gasteiger partial charge in [0.15, 0.2) is 0 Å². The van der Waals surface area contributed by atoms with Crippen molar-refractivity contribution in [1.29, 1.82) is 0 Å². The van der Waals surface area contributed by atoms with Crippen LogP contribution in [0.4, 0.5) is 8.78 Å².